The van der Waals surface area contributed by atoms with Crippen molar-refractivity contribution in [2.24, 2.45) is 17.8 Å². The van der Waals surface area contributed by atoms with Gasteiger partial charge in [-0.25, -0.2) is 0 Å². The molecule has 26 heavy (non-hydrogen) atoms. The Morgan fingerprint density at radius 3 is 2.77 bits per heavy atom. The Bertz CT molecular complexity index is 630. The summed E-state index contributed by atoms with van der Waals surface area (Å²) < 4.78 is 0. The monoisotopic (exact) mass is 377 g/mol. The topological polar surface area (TPSA) is 43.7 Å². The molecular formula is C22H32ClNO2. The molecule has 0 radical (unpaired) electrons. The highest BCUT2D eigenvalue weighted by molar-refractivity contribution is 6.30. The maximum atomic E-state index is 10.9. The molecule has 0 bridgehead atoms. The van der Waals surface area contributed by atoms with Crippen LogP contribution in [0.5, 0.6) is 0 Å². The summed E-state index contributed by atoms with van der Waals surface area (Å²) in [5.74, 6) is 0.678. The maximum absolute atomic E-state index is 10.9. The number of aliphatic hydroxyl groups excluding tert-OH is 2. The molecule has 1 fully saturated rings. The first-order valence-electron chi connectivity index (χ1n) is 9.91. The van der Waals surface area contributed by atoms with Crippen LogP contribution in [-0.4, -0.2) is 41.9 Å². The molecule has 0 spiro atoms. The van der Waals surface area contributed by atoms with E-state index in [4.69, 9.17) is 11.6 Å². The number of benzene rings is 1. The van der Waals surface area contributed by atoms with Crippen molar-refractivity contribution >= 4 is 11.6 Å². The predicted octanol–water partition coefficient (Wildman–Crippen LogP) is 4.44. The van der Waals surface area contributed by atoms with Crippen LogP contribution in [-0.2, 0) is 0 Å². The van der Waals surface area contributed by atoms with Gasteiger partial charge in [-0.1, -0.05) is 41.8 Å². The van der Waals surface area contributed by atoms with Crippen LogP contribution in [0.1, 0.15) is 50.2 Å². The number of allylic oxidation sites excluding steroid dienone is 2. The van der Waals surface area contributed by atoms with Crippen molar-refractivity contribution in [3.8, 4) is 0 Å². The first-order chi connectivity index (χ1) is 12.5. The highest BCUT2D eigenvalue weighted by Crippen LogP contribution is 2.51. The summed E-state index contributed by atoms with van der Waals surface area (Å²) in [6, 6.07) is 7.41. The molecule has 0 aromatic heterocycles. The fourth-order valence-electron chi connectivity index (χ4n) is 4.83. The molecule has 2 aliphatic rings. The second-order valence-electron chi connectivity index (χ2n) is 8.35. The molecule has 0 unspecified atom stereocenters. The largest absolute Gasteiger partial charge is 0.393 e. The lowest BCUT2D eigenvalue weighted by molar-refractivity contribution is 0.0109. The van der Waals surface area contributed by atoms with Gasteiger partial charge in [0.2, 0.25) is 0 Å². The highest BCUT2D eigenvalue weighted by Gasteiger charge is 2.47. The van der Waals surface area contributed by atoms with Crippen LogP contribution in [0.25, 0.3) is 0 Å². The van der Waals surface area contributed by atoms with Gasteiger partial charge < -0.3 is 15.1 Å². The first kappa shape index (κ1) is 19.9. The number of hydrogen-bond acceptors (Lipinski definition) is 3. The van der Waals surface area contributed by atoms with Crippen molar-refractivity contribution in [1.29, 1.82) is 0 Å². The van der Waals surface area contributed by atoms with E-state index in [2.05, 4.69) is 25.1 Å². The second-order valence-corrected chi connectivity index (χ2v) is 8.79. The number of fused-ring (bicyclic) bond motifs is 1. The zero-order valence-corrected chi connectivity index (χ0v) is 16.7. The molecule has 1 saturated carbocycles. The van der Waals surface area contributed by atoms with Crippen molar-refractivity contribution < 1.29 is 10.2 Å². The fourth-order valence-corrected chi connectivity index (χ4v) is 5.03. The number of rotatable bonds is 8. The Morgan fingerprint density at radius 2 is 2.04 bits per heavy atom. The van der Waals surface area contributed by atoms with E-state index in [1.807, 2.05) is 24.3 Å². The van der Waals surface area contributed by atoms with Gasteiger partial charge in [-0.2, -0.15) is 0 Å². The Kier molecular flexibility index (Phi) is 6.79. The van der Waals surface area contributed by atoms with Crippen LogP contribution in [0.15, 0.2) is 35.9 Å². The second kappa shape index (κ2) is 8.88. The van der Waals surface area contributed by atoms with Gasteiger partial charge in [0, 0.05) is 10.9 Å². The van der Waals surface area contributed by atoms with Crippen molar-refractivity contribution in [2.45, 2.75) is 50.7 Å². The molecule has 4 heteroatoms. The lowest BCUT2D eigenvalue weighted by atomic mass is 9.82. The van der Waals surface area contributed by atoms with Crippen molar-refractivity contribution in [3.05, 3.63) is 46.5 Å². The molecule has 0 aliphatic heterocycles. The fraction of sp³-hybridized carbons (Fsp3) is 0.636. The number of unbranched alkanes of at least 4 members (excludes halogenated alkanes) is 2. The van der Waals surface area contributed by atoms with Crippen molar-refractivity contribution in [2.75, 3.05) is 20.6 Å². The highest BCUT2D eigenvalue weighted by atomic mass is 35.5. The first-order valence-corrected chi connectivity index (χ1v) is 10.3. The van der Waals surface area contributed by atoms with Crippen LogP contribution in [0.3, 0.4) is 0 Å². The van der Waals surface area contributed by atoms with Crippen molar-refractivity contribution in [1.82, 2.24) is 4.90 Å². The average Bonchev–Trinajstić information content (AvgIpc) is 3.09. The average molecular weight is 378 g/mol. The predicted molar refractivity (Wildman–Crippen MR) is 107 cm³/mol. The van der Waals surface area contributed by atoms with E-state index >= 15 is 0 Å². The van der Waals surface area contributed by atoms with E-state index in [0.29, 0.717) is 16.9 Å². The van der Waals surface area contributed by atoms with Crippen molar-refractivity contribution in [3.63, 3.8) is 0 Å². The van der Waals surface area contributed by atoms with E-state index in [1.165, 1.54) is 24.8 Å². The van der Waals surface area contributed by atoms with E-state index in [1.54, 1.807) is 0 Å². The summed E-state index contributed by atoms with van der Waals surface area (Å²) in [4.78, 5) is 2.24. The molecular weight excluding hydrogens is 346 g/mol. The van der Waals surface area contributed by atoms with E-state index in [9.17, 15) is 10.2 Å². The zero-order valence-electron chi connectivity index (χ0n) is 15.9. The van der Waals surface area contributed by atoms with Gasteiger partial charge in [0.05, 0.1) is 12.2 Å². The molecule has 1 aromatic rings. The number of aliphatic hydroxyl groups is 2. The van der Waals surface area contributed by atoms with Crippen LogP contribution < -0.4 is 0 Å². The molecule has 2 N–H and O–H groups in total. The number of halogens is 1. The summed E-state index contributed by atoms with van der Waals surface area (Å²) in [7, 11) is 4.24. The molecule has 0 amide bonds. The van der Waals surface area contributed by atoms with Gasteiger partial charge in [-0.05, 0) is 82.3 Å². The van der Waals surface area contributed by atoms with Crippen LogP contribution in [0.2, 0.25) is 5.02 Å². The summed E-state index contributed by atoms with van der Waals surface area (Å²) in [5, 5.41) is 22.1. The summed E-state index contributed by atoms with van der Waals surface area (Å²) >= 11 is 6.08. The third-order valence-corrected chi connectivity index (χ3v) is 6.34. The lowest BCUT2D eigenvalue weighted by Crippen LogP contribution is -2.26. The standard InChI is InChI=1S/C22H32ClNO2/c1-24(2)10-5-3-4-7-15-11-17-14-20(25)21(19(17)12-15)22(26)16-8-6-9-18(23)13-16/h6,8-9,11,13,17,19-22,25-26H,3-5,7,10,12,14H2,1-2H3/t17-,19-,20+,21+,22-/m0/s1. The quantitative estimate of drug-likeness (QED) is 0.520. The zero-order chi connectivity index (χ0) is 18.7. The molecule has 2 aliphatic carbocycles. The molecule has 144 valence electrons. The third kappa shape index (κ3) is 4.69. The summed E-state index contributed by atoms with van der Waals surface area (Å²) in [6.45, 7) is 1.16. The summed E-state index contributed by atoms with van der Waals surface area (Å²) in [5.41, 5.74) is 2.35. The lowest BCUT2D eigenvalue weighted by Gasteiger charge is -2.27. The maximum Gasteiger partial charge on any atom is 0.0846 e. The molecule has 5 atom stereocenters. The molecule has 1 aromatic carbocycles. The van der Waals surface area contributed by atoms with E-state index in [-0.39, 0.29) is 5.92 Å². The minimum absolute atomic E-state index is 0.0963. The van der Waals surface area contributed by atoms with Crippen LogP contribution in [0.4, 0.5) is 0 Å². The Hall–Kier alpha value is -0.870. The molecule has 0 saturated heterocycles. The number of hydrogen-bond donors (Lipinski definition) is 2. The Balaban J connectivity index is 1.56. The molecule has 3 nitrogen and oxygen atoms in total. The van der Waals surface area contributed by atoms with E-state index < -0.39 is 12.2 Å². The smallest absolute Gasteiger partial charge is 0.0846 e. The van der Waals surface area contributed by atoms with Gasteiger partial charge in [0.25, 0.3) is 0 Å². The van der Waals surface area contributed by atoms with E-state index in [0.717, 1.165) is 31.4 Å². The Labute approximate surface area is 162 Å². The Morgan fingerprint density at radius 1 is 1.23 bits per heavy atom. The van der Waals surface area contributed by atoms with Gasteiger partial charge in [-0.3, -0.25) is 0 Å². The third-order valence-electron chi connectivity index (χ3n) is 6.11. The van der Waals surface area contributed by atoms with Gasteiger partial charge in [-0.15, -0.1) is 0 Å². The van der Waals surface area contributed by atoms with Gasteiger partial charge >= 0.3 is 0 Å². The SMILES string of the molecule is CN(C)CCCCCC1=C[C@H]2C[C@@H](O)[C@H]([C@@H](O)c3cccc(Cl)c3)[C@H]2C1. The normalized spacial score (nSPS) is 29.1. The molecule has 3 rings (SSSR count). The number of nitrogens with zero attached hydrogens (tertiary/aromatic N) is 1. The minimum Gasteiger partial charge on any atom is -0.393 e. The summed E-state index contributed by atoms with van der Waals surface area (Å²) in [6.07, 6.45) is 8.03. The van der Waals surface area contributed by atoms with Gasteiger partial charge in [0.15, 0.2) is 0 Å². The van der Waals surface area contributed by atoms with Gasteiger partial charge in [0.1, 0.15) is 0 Å². The van der Waals surface area contributed by atoms with Crippen LogP contribution >= 0.6 is 11.6 Å². The molecule has 0 heterocycles. The minimum atomic E-state index is -0.647. The van der Waals surface area contributed by atoms with Crippen LogP contribution in [0, 0.1) is 17.8 Å².